The third-order valence-electron chi connectivity index (χ3n) is 4.54. The quantitative estimate of drug-likeness (QED) is 0.700. The Hall–Kier alpha value is -2.34. The van der Waals surface area contributed by atoms with Gasteiger partial charge in [-0.2, -0.15) is 0 Å². The number of benzene rings is 1. The number of fused-ring (bicyclic) bond motifs is 2. The molecule has 3 heterocycles. The summed E-state index contributed by atoms with van der Waals surface area (Å²) in [5.41, 5.74) is 2.45. The van der Waals surface area contributed by atoms with E-state index >= 15 is 0 Å². The minimum absolute atomic E-state index is 0.203. The van der Waals surface area contributed by atoms with Gasteiger partial charge in [0.05, 0.1) is 11.6 Å². The van der Waals surface area contributed by atoms with Crippen LogP contribution in [0.5, 0.6) is 0 Å². The molecule has 4 rings (SSSR count). The molecule has 1 aromatic heterocycles. The second-order valence-electron chi connectivity index (χ2n) is 6.07. The molecule has 1 fully saturated rings. The van der Waals surface area contributed by atoms with Crippen LogP contribution in [0, 0.1) is 0 Å². The van der Waals surface area contributed by atoms with Gasteiger partial charge in [0.2, 0.25) is 0 Å². The van der Waals surface area contributed by atoms with Crippen molar-refractivity contribution in [2.75, 3.05) is 37.7 Å². The number of hydrogen-bond acceptors (Lipinski definition) is 4. The number of anilines is 1. The Bertz CT molecular complexity index is 807. The Morgan fingerprint density at radius 3 is 2.84 bits per heavy atom. The summed E-state index contributed by atoms with van der Waals surface area (Å²) in [6.45, 7) is 5.32. The van der Waals surface area contributed by atoms with E-state index in [1.54, 1.807) is 16.7 Å². The van der Waals surface area contributed by atoms with Gasteiger partial charge in [-0.25, -0.2) is 4.79 Å². The lowest BCUT2D eigenvalue weighted by Gasteiger charge is -2.35. The molecule has 25 heavy (non-hydrogen) atoms. The maximum absolute atomic E-state index is 11.8. The van der Waals surface area contributed by atoms with Crippen molar-refractivity contribution in [3.8, 4) is 0 Å². The van der Waals surface area contributed by atoms with Crippen LogP contribution in [0.15, 0.2) is 46.5 Å². The highest BCUT2D eigenvalue weighted by molar-refractivity contribution is 7.99. The molecule has 1 amide bonds. The summed E-state index contributed by atoms with van der Waals surface area (Å²) >= 11 is 1.79. The molecular formula is C19H21N3O2S. The van der Waals surface area contributed by atoms with Crippen LogP contribution in [0.4, 0.5) is 10.5 Å². The second-order valence-corrected chi connectivity index (χ2v) is 7.13. The molecule has 0 atom stereocenters. The van der Waals surface area contributed by atoms with Crippen LogP contribution in [0.2, 0.25) is 0 Å². The van der Waals surface area contributed by atoms with Gasteiger partial charge in [-0.05, 0) is 42.8 Å². The normalized spacial score (nSPS) is 16.2. The molecule has 130 valence electrons. The predicted octanol–water partition coefficient (Wildman–Crippen LogP) is 3.86. The van der Waals surface area contributed by atoms with Gasteiger partial charge in [-0.3, -0.25) is 0 Å². The molecule has 6 heteroatoms. The lowest BCUT2D eigenvalue weighted by Crippen LogP contribution is -2.49. The molecule has 0 radical (unpaired) electrons. The van der Waals surface area contributed by atoms with Crippen molar-refractivity contribution in [2.24, 2.45) is 0 Å². The van der Waals surface area contributed by atoms with Crippen LogP contribution in [0.1, 0.15) is 12.5 Å². The summed E-state index contributed by atoms with van der Waals surface area (Å²) in [6, 6.07) is 10.8. The molecule has 2 aliphatic rings. The fraction of sp³-hybridized carbons (Fsp3) is 0.316. The molecule has 0 saturated carbocycles. The maximum Gasteiger partial charge on any atom is 0.409 e. The first kappa shape index (κ1) is 16.1. The molecule has 1 saturated heterocycles. The number of carbonyl (C=O) groups excluding carboxylic acids is 1. The van der Waals surface area contributed by atoms with Crippen LogP contribution in [-0.2, 0) is 4.74 Å². The van der Waals surface area contributed by atoms with Gasteiger partial charge in [0.15, 0.2) is 0 Å². The average Bonchev–Trinajstić information content (AvgIpc) is 3.00. The van der Waals surface area contributed by atoms with E-state index in [1.165, 1.54) is 21.2 Å². The molecule has 2 aliphatic heterocycles. The number of nitrogens with zero attached hydrogens (tertiary/aromatic N) is 3. The number of piperazine rings is 1. The number of carbonyl (C=O) groups is 1. The Kier molecular flexibility index (Phi) is 4.44. The molecule has 0 N–H and O–H groups in total. The highest BCUT2D eigenvalue weighted by atomic mass is 32.2. The summed E-state index contributed by atoms with van der Waals surface area (Å²) in [4.78, 5) is 17.2. The van der Waals surface area contributed by atoms with E-state index in [9.17, 15) is 4.79 Å². The smallest absolute Gasteiger partial charge is 0.409 e. The molecule has 1 aromatic carbocycles. The van der Waals surface area contributed by atoms with Crippen molar-refractivity contribution in [1.82, 2.24) is 9.47 Å². The third-order valence-corrected chi connectivity index (χ3v) is 5.67. The second kappa shape index (κ2) is 6.88. The van der Waals surface area contributed by atoms with Gasteiger partial charge in [0.25, 0.3) is 0 Å². The number of ether oxygens (including phenoxy) is 1. The number of hydrogen-bond donors (Lipinski definition) is 0. The molecular weight excluding hydrogens is 334 g/mol. The zero-order chi connectivity index (χ0) is 17.2. The minimum Gasteiger partial charge on any atom is -0.450 e. The summed E-state index contributed by atoms with van der Waals surface area (Å²) in [5, 5.41) is 1.22. The third kappa shape index (κ3) is 3.26. The largest absolute Gasteiger partial charge is 0.450 e. The van der Waals surface area contributed by atoms with Gasteiger partial charge in [0, 0.05) is 49.2 Å². The van der Waals surface area contributed by atoms with E-state index in [0.29, 0.717) is 19.7 Å². The fourth-order valence-corrected chi connectivity index (χ4v) is 4.20. The van der Waals surface area contributed by atoms with Crippen LogP contribution >= 0.6 is 11.8 Å². The van der Waals surface area contributed by atoms with Crippen molar-refractivity contribution in [1.29, 1.82) is 0 Å². The first-order chi connectivity index (χ1) is 12.2. The van der Waals surface area contributed by atoms with Gasteiger partial charge in [-0.1, -0.05) is 17.8 Å². The number of aromatic nitrogens is 1. The monoisotopic (exact) mass is 355 g/mol. The van der Waals surface area contributed by atoms with Crippen LogP contribution < -0.4 is 4.90 Å². The lowest BCUT2D eigenvalue weighted by molar-refractivity contribution is 0.105. The zero-order valence-corrected chi connectivity index (χ0v) is 15.0. The van der Waals surface area contributed by atoms with E-state index in [2.05, 4.69) is 58.3 Å². The van der Waals surface area contributed by atoms with Gasteiger partial charge >= 0.3 is 6.09 Å². The summed E-state index contributed by atoms with van der Waals surface area (Å²) in [5.74, 6) is 0. The van der Waals surface area contributed by atoms with Crippen LogP contribution in [0.3, 0.4) is 0 Å². The van der Waals surface area contributed by atoms with Crippen molar-refractivity contribution >= 4 is 35.8 Å². The van der Waals surface area contributed by atoms with Gasteiger partial charge < -0.3 is 19.1 Å². The van der Waals surface area contributed by atoms with Crippen LogP contribution in [-0.4, -0.2) is 48.3 Å². The first-order valence-electron chi connectivity index (χ1n) is 8.58. The highest BCUT2D eigenvalue weighted by Crippen LogP contribution is 2.37. The summed E-state index contributed by atoms with van der Waals surface area (Å²) in [7, 11) is 0. The van der Waals surface area contributed by atoms with Crippen molar-refractivity contribution in [3.05, 3.63) is 42.1 Å². The average molecular weight is 355 g/mol. The Morgan fingerprint density at radius 1 is 1.20 bits per heavy atom. The lowest BCUT2D eigenvalue weighted by atomic mass is 10.1. The van der Waals surface area contributed by atoms with Crippen LogP contribution in [0.25, 0.3) is 12.3 Å². The maximum atomic E-state index is 11.8. The van der Waals surface area contributed by atoms with Crippen molar-refractivity contribution in [3.63, 3.8) is 0 Å². The SMILES string of the molecule is CCOC(=O)N1CCN(c2ccc3c(c2)Sc2cccn2C=C3)CC1. The van der Waals surface area contributed by atoms with Gasteiger partial charge in [0.1, 0.15) is 0 Å². The predicted molar refractivity (Wildman–Crippen MR) is 101 cm³/mol. The Morgan fingerprint density at radius 2 is 2.04 bits per heavy atom. The highest BCUT2D eigenvalue weighted by Gasteiger charge is 2.22. The molecule has 5 nitrogen and oxygen atoms in total. The Labute approximate surface area is 151 Å². The number of amides is 1. The van der Waals surface area contributed by atoms with E-state index in [4.69, 9.17) is 4.74 Å². The van der Waals surface area contributed by atoms with Gasteiger partial charge in [-0.15, -0.1) is 0 Å². The summed E-state index contributed by atoms with van der Waals surface area (Å²) < 4.78 is 7.23. The van der Waals surface area contributed by atoms with E-state index in [0.717, 1.165) is 13.1 Å². The van der Waals surface area contributed by atoms with Crippen molar-refractivity contribution < 1.29 is 9.53 Å². The molecule has 0 aliphatic carbocycles. The minimum atomic E-state index is -0.203. The molecule has 0 spiro atoms. The number of rotatable bonds is 2. The fourth-order valence-electron chi connectivity index (χ4n) is 3.17. The zero-order valence-electron chi connectivity index (χ0n) is 14.2. The topological polar surface area (TPSA) is 37.7 Å². The Balaban J connectivity index is 1.49. The molecule has 0 unspecified atom stereocenters. The molecule has 0 bridgehead atoms. The van der Waals surface area contributed by atoms with E-state index in [1.807, 2.05) is 6.92 Å². The molecule has 2 aromatic rings. The van der Waals surface area contributed by atoms with E-state index in [-0.39, 0.29) is 6.09 Å². The summed E-state index contributed by atoms with van der Waals surface area (Å²) in [6.07, 6.45) is 6.12. The van der Waals surface area contributed by atoms with E-state index < -0.39 is 0 Å². The standard InChI is InChI=1S/C19H21N3O2S/c1-2-24-19(23)22-12-10-20(11-13-22)16-6-5-15-7-9-21-8-3-4-18(21)25-17(15)14-16/h3-9,14H,2,10-13H2,1H3. The van der Waals surface area contributed by atoms with Crippen molar-refractivity contribution in [2.45, 2.75) is 16.8 Å². The first-order valence-corrected chi connectivity index (χ1v) is 9.40.